The summed E-state index contributed by atoms with van der Waals surface area (Å²) in [6, 6.07) is 0. The average Bonchev–Trinajstić information content (AvgIpc) is 2.89. The number of carboxylic acid groups (broad SMARTS) is 1. The number of ether oxygens (including phenoxy) is 1. The quantitative estimate of drug-likeness (QED) is 0.0704. The van der Waals surface area contributed by atoms with E-state index in [1.807, 2.05) is 0 Å². The molecule has 1 unspecified atom stereocenters. The maximum Gasteiger partial charge on any atom is 0.306 e. The van der Waals surface area contributed by atoms with Crippen molar-refractivity contribution in [2.24, 2.45) is 0 Å². The van der Waals surface area contributed by atoms with Crippen molar-refractivity contribution in [3.63, 3.8) is 0 Å². The zero-order valence-electron chi connectivity index (χ0n) is 25.8. The van der Waals surface area contributed by atoms with Gasteiger partial charge in [0.05, 0.1) is 0 Å². The number of aliphatic carboxylic acids is 1. The molecule has 0 fully saturated rings. The summed E-state index contributed by atoms with van der Waals surface area (Å²) in [5.74, 6) is -0.699. The van der Waals surface area contributed by atoms with Gasteiger partial charge in [0.25, 0.3) is 0 Å². The first-order chi connectivity index (χ1) is 18.6. The highest BCUT2D eigenvalue weighted by molar-refractivity contribution is 5.69. The fourth-order valence-corrected chi connectivity index (χ4v) is 5.30. The van der Waals surface area contributed by atoms with Gasteiger partial charge in [0.1, 0.15) is 6.10 Å². The first kappa shape index (κ1) is 36.9. The highest BCUT2D eigenvalue weighted by Gasteiger charge is 2.14. The second-order valence-corrected chi connectivity index (χ2v) is 11.7. The van der Waals surface area contributed by atoms with E-state index < -0.39 is 5.97 Å². The largest absolute Gasteiger partial charge is 0.481 e. The molecule has 0 aliphatic rings. The summed E-state index contributed by atoms with van der Waals surface area (Å²) in [5, 5.41) is 8.77. The molecule has 0 bridgehead atoms. The van der Waals surface area contributed by atoms with Gasteiger partial charge >= 0.3 is 11.9 Å². The van der Waals surface area contributed by atoms with Crippen molar-refractivity contribution >= 4 is 11.9 Å². The first-order valence-corrected chi connectivity index (χ1v) is 17.0. The Kier molecular flexibility index (Phi) is 29.6. The molecule has 0 heterocycles. The lowest BCUT2D eigenvalue weighted by Gasteiger charge is -2.18. The van der Waals surface area contributed by atoms with Crippen molar-refractivity contribution in [3.05, 3.63) is 0 Å². The lowest BCUT2D eigenvalue weighted by molar-refractivity contribution is -0.150. The van der Waals surface area contributed by atoms with Crippen LogP contribution in [0.4, 0.5) is 0 Å². The van der Waals surface area contributed by atoms with Crippen LogP contribution in [0.25, 0.3) is 0 Å². The number of hydrogen-bond acceptors (Lipinski definition) is 3. The summed E-state index contributed by atoms with van der Waals surface area (Å²) in [7, 11) is 0. The van der Waals surface area contributed by atoms with Gasteiger partial charge in [-0.15, -0.1) is 0 Å². The van der Waals surface area contributed by atoms with E-state index in [4.69, 9.17) is 9.84 Å². The molecule has 0 aliphatic heterocycles. The van der Waals surface area contributed by atoms with Gasteiger partial charge in [0.15, 0.2) is 0 Å². The first-order valence-electron chi connectivity index (χ1n) is 17.0. The van der Waals surface area contributed by atoms with Gasteiger partial charge in [0.2, 0.25) is 0 Å². The Bertz CT molecular complexity index is 505. The van der Waals surface area contributed by atoms with E-state index in [9.17, 15) is 9.59 Å². The Hall–Kier alpha value is -1.06. The van der Waals surface area contributed by atoms with Crippen molar-refractivity contribution in [1.82, 2.24) is 0 Å². The molecule has 0 saturated carbocycles. The van der Waals surface area contributed by atoms with E-state index >= 15 is 0 Å². The molecule has 1 N–H and O–H groups in total. The minimum atomic E-state index is -0.698. The molecule has 0 saturated heterocycles. The second-order valence-electron chi connectivity index (χ2n) is 11.7. The molecule has 0 rings (SSSR count). The van der Waals surface area contributed by atoms with Gasteiger partial charge in [-0.25, -0.2) is 0 Å². The maximum atomic E-state index is 12.5. The third kappa shape index (κ3) is 29.5. The van der Waals surface area contributed by atoms with Crippen LogP contribution in [-0.2, 0) is 14.3 Å². The smallest absolute Gasteiger partial charge is 0.306 e. The number of unbranched alkanes of at least 4 members (excludes halogenated alkanes) is 22. The number of carboxylic acids is 1. The summed E-state index contributed by atoms with van der Waals surface area (Å²) < 4.78 is 5.95. The van der Waals surface area contributed by atoms with Crippen LogP contribution in [0, 0.1) is 0 Å². The van der Waals surface area contributed by atoms with Crippen molar-refractivity contribution in [1.29, 1.82) is 0 Å². The molecule has 0 amide bonds. The van der Waals surface area contributed by atoms with Crippen LogP contribution in [-0.4, -0.2) is 23.1 Å². The molecule has 38 heavy (non-hydrogen) atoms. The standard InChI is InChI=1S/C34H66O4/c1-3-5-7-9-11-12-13-14-15-16-18-20-24-28-32(29-25-21-19-22-26-30-33(35)36)38-34(37)31-27-23-17-10-8-6-4-2/h32H,3-31H2,1-2H3,(H,35,36). The average molecular weight is 539 g/mol. The summed E-state index contributed by atoms with van der Waals surface area (Å²) >= 11 is 0. The topological polar surface area (TPSA) is 63.6 Å². The molecule has 4 heteroatoms. The van der Waals surface area contributed by atoms with Gasteiger partial charge in [-0.2, -0.15) is 0 Å². The minimum absolute atomic E-state index is 0.000268. The molecule has 0 aliphatic carbocycles. The van der Waals surface area contributed by atoms with Crippen molar-refractivity contribution in [3.8, 4) is 0 Å². The van der Waals surface area contributed by atoms with Crippen LogP contribution in [0.3, 0.4) is 0 Å². The Morgan fingerprint density at radius 1 is 0.474 bits per heavy atom. The normalized spacial score (nSPS) is 12.1. The number of rotatable bonds is 31. The predicted molar refractivity (Wildman–Crippen MR) is 163 cm³/mol. The lowest BCUT2D eigenvalue weighted by Crippen LogP contribution is -2.18. The van der Waals surface area contributed by atoms with Gasteiger partial charge in [-0.05, 0) is 38.5 Å². The Balaban J connectivity index is 4.01. The Labute approximate surface area is 237 Å². The van der Waals surface area contributed by atoms with Gasteiger partial charge in [-0.3, -0.25) is 9.59 Å². The Morgan fingerprint density at radius 2 is 0.789 bits per heavy atom. The molecule has 0 radical (unpaired) electrons. The monoisotopic (exact) mass is 538 g/mol. The minimum Gasteiger partial charge on any atom is -0.481 e. The van der Waals surface area contributed by atoms with E-state index in [1.54, 1.807) is 0 Å². The highest BCUT2D eigenvalue weighted by atomic mass is 16.5. The molecule has 0 aromatic carbocycles. The van der Waals surface area contributed by atoms with Crippen LogP contribution in [0.1, 0.15) is 200 Å². The zero-order chi connectivity index (χ0) is 27.9. The molecule has 0 spiro atoms. The maximum absolute atomic E-state index is 12.5. The fraction of sp³-hybridized carbons (Fsp3) is 0.941. The number of esters is 1. The summed E-state index contributed by atoms with van der Waals surface area (Å²) in [6.45, 7) is 4.52. The van der Waals surface area contributed by atoms with Gasteiger partial charge in [-0.1, -0.05) is 149 Å². The van der Waals surface area contributed by atoms with E-state index in [0.29, 0.717) is 6.42 Å². The third-order valence-electron chi connectivity index (χ3n) is 7.83. The van der Waals surface area contributed by atoms with E-state index in [0.717, 1.165) is 64.2 Å². The molecule has 0 aromatic heterocycles. The van der Waals surface area contributed by atoms with E-state index in [2.05, 4.69) is 13.8 Å². The van der Waals surface area contributed by atoms with Crippen molar-refractivity contribution in [2.45, 2.75) is 206 Å². The number of carbonyl (C=O) groups is 2. The van der Waals surface area contributed by atoms with Crippen LogP contribution in [0.15, 0.2) is 0 Å². The van der Waals surface area contributed by atoms with Gasteiger partial charge in [0, 0.05) is 12.8 Å². The fourth-order valence-electron chi connectivity index (χ4n) is 5.30. The highest BCUT2D eigenvalue weighted by Crippen LogP contribution is 2.19. The van der Waals surface area contributed by atoms with Crippen LogP contribution < -0.4 is 0 Å². The van der Waals surface area contributed by atoms with Gasteiger partial charge < -0.3 is 9.84 Å². The summed E-state index contributed by atoms with van der Waals surface area (Å²) in [4.78, 5) is 23.1. The molecule has 4 nitrogen and oxygen atoms in total. The molecular weight excluding hydrogens is 472 g/mol. The summed E-state index contributed by atoms with van der Waals surface area (Å²) in [5.41, 5.74) is 0. The predicted octanol–water partition coefficient (Wildman–Crippen LogP) is 11.3. The molecular formula is C34H66O4. The summed E-state index contributed by atoms with van der Waals surface area (Å²) in [6.07, 6.45) is 34.0. The SMILES string of the molecule is CCCCCCCCCCCCCCCC(CCCCCCCC(=O)O)OC(=O)CCCCCCCCC. The number of carbonyl (C=O) groups excluding carboxylic acids is 1. The lowest BCUT2D eigenvalue weighted by atomic mass is 10.0. The van der Waals surface area contributed by atoms with E-state index in [1.165, 1.54) is 109 Å². The van der Waals surface area contributed by atoms with Crippen LogP contribution in [0.5, 0.6) is 0 Å². The van der Waals surface area contributed by atoms with E-state index in [-0.39, 0.29) is 18.5 Å². The van der Waals surface area contributed by atoms with Crippen LogP contribution >= 0.6 is 0 Å². The van der Waals surface area contributed by atoms with Crippen molar-refractivity contribution < 1.29 is 19.4 Å². The Morgan fingerprint density at radius 3 is 1.16 bits per heavy atom. The van der Waals surface area contributed by atoms with Crippen molar-refractivity contribution in [2.75, 3.05) is 0 Å². The zero-order valence-corrected chi connectivity index (χ0v) is 25.8. The third-order valence-corrected chi connectivity index (χ3v) is 7.83. The van der Waals surface area contributed by atoms with Crippen LogP contribution in [0.2, 0.25) is 0 Å². The molecule has 1 atom stereocenters. The number of hydrogen-bond donors (Lipinski definition) is 1. The second kappa shape index (κ2) is 30.5. The molecule has 0 aromatic rings. The molecule has 226 valence electrons.